The van der Waals surface area contributed by atoms with Gasteiger partial charge in [-0.05, 0) is 37.8 Å². The predicted octanol–water partition coefficient (Wildman–Crippen LogP) is 1.01. The van der Waals surface area contributed by atoms with Crippen molar-refractivity contribution in [1.29, 1.82) is 0 Å². The average molecular weight is 418 g/mol. The molecule has 2 aromatic rings. The van der Waals surface area contributed by atoms with Crippen LogP contribution in [0.25, 0.3) is 0 Å². The number of carbonyl (C=O) groups is 1. The van der Waals surface area contributed by atoms with Crippen LogP contribution in [0.3, 0.4) is 0 Å². The molecular formula is C21H29N4O3S+. The van der Waals surface area contributed by atoms with Crippen molar-refractivity contribution in [1.82, 2.24) is 9.55 Å². The number of nitrogens with zero attached hydrogens (tertiary/aromatic N) is 2. The Hall–Kier alpha value is -2.32. The molecule has 29 heavy (non-hydrogen) atoms. The molecule has 0 fully saturated rings. The summed E-state index contributed by atoms with van der Waals surface area (Å²) in [5.41, 5.74) is 2.73. The number of quaternary nitrogens is 1. The zero-order chi connectivity index (χ0) is 20.8. The zero-order valence-corrected chi connectivity index (χ0v) is 18.1. The van der Waals surface area contributed by atoms with Crippen molar-refractivity contribution < 1.29 is 14.4 Å². The van der Waals surface area contributed by atoms with Crippen LogP contribution in [0, 0.1) is 0 Å². The van der Waals surface area contributed by atoms with Crippen LogP contribution in [0.5, 0.6) is 5.75 Å². The number of hydrogen-bond donors (Lipinski definition) is 2. The molecule has 1 aliphatic rings. The van der Waals surface area contributed by atoms with Gasteiger partial charge in [0.25, 0.3) is 0 Å². The summed E-state index contributed by atoms with van der Waals surface area (Å²) in [6, 6.07) is 7.25. The molecule has 0 aliphatic heterocycles. The number of thioether (sulfide) groups is 1. The Morgan fingerprint density at radius 3 is 2.86 bits per heavy atom. The summed E-state index contributed by atoms with van der Waals surface area (Å²) in [5.74, 6) is 0.770. The first-order valence-corrected chi connectivity index (χ1v) is 10.9. The van der Waals surface area contributed by atoms with E-state index in [1.54, 1.807) is 13.2 Å². The Balaban J connectivity index is 1.72. The van der Waals surface area contributed by atoms with Crippen molar-refractivity contribution in [2.75, 3.05) is 38.8 Å². The van der Waals surface area contributed by atoms with Crippen molar-refractivity contribution in [3.05, 3.63) is 46.0 Å². The van der Waals surface area contributed by atoms with Crippen LogP contribution < -0.4 is 20.6 Å². The summed E-state index contributed by atoms with van der Waals surface area (Å²) in [7, 11) is 5.75. The normalized spacial score (nSPS) is 13.2. The standard InChI is InChI=1S/C21H28N4O3S/c1-24(2)11-12-25-18-10-5-4-9-17(18)20(23-21(25)27)29-14-19(26)22-15-7-6-8-16(13-15)28-3/h6-8,13H,4-5,9-12,14H2,1-3H3,(H,22,26)/p+1. The molecule has 0 radical (unpaired) electrons. The van der Waals surface area contributed by atoms with Crippen molar-refractivity contribution in [3.63, 3.8) is 0 Å². The predicted molar refractivity (Wildman–Crippen MR) is 115 cm³/mol. The second-order valence-electron chi connectivity index (χ2n) is 7.51. The number of nitrogens with one attached hydrogen (secondary N) is 2. The number of ether oxygens (including phenoxy) is 1. The molecular weight excluding hydrogens is 388 g/mol. The lowest BCUT2D eigenvalue weighted by atomic mass is 9.97. The summed E-state index contributed by atoms with van der Waals surface area (Å²) in [5, 5.41) is 3.58. The molecule has 0 bridgehead atoms. The molecule has 0 atom stereocenters. The van der Waals surface area contributed by atoms with Crippen molar-refractivity contribution in [2.45, 2.75) is 37.3 Å². The first-order valence-electron chi connectivity index (χ1n) is 9.96. The lowest BCUT2D eigenvalue weighted by molar-refractivity contribution is -0.859. The number of hydrogen-bond acceptors (Lipinski definition) is 5. The maximum absolute atomic E-state index is 12.6. The van der Waals surface area contributed by atoms with E-state index in [-0.39, 0.29) is 17.3 Å². The van der Waals surface area contributed by atoms with Crippen molar-refractivity contribution >= 4 is 23.4 Å². The van der Waals surface area contributed by atoms with Crippen LogP contribution in [0.1, 0.15) is 24.1 Å². The van der Waals surface area contributed by atoms with Gasteiger partial charge < -0.3 is 15.0 Å². The Labute approximate surface area is 175 Å². The molecule has 0 unspecified atom stereocenters. The number of aromatic nitrogens is 2. The highest BCUT2D eigenvalue weighted by atomic mass is 32.2. The van der Waals surface area contributed by atoms with E-state index in [0.29, 0.717) is 23.0 Å². The Morgan fingerprint density at radius 1 is 1.31 bits per heavy atom. The van der Waals surface area contributed by atoms with Gasteiger partial charge in [0, 0.05) is 23.0 Å². The van der Waals surface area contributed by atoms with Gasteiger partial charge in [-0.1, -0.05) is 17.8 Å². The molecule has 0 saturated carbocycles. The van der Waals surface area contributed by atoms with E-state index >= 15 is 0 Å². The fourth-order valence-electron chi connectivity index (χ4n) is 3.46. The van der Waals surface area contributed by atoms with Gasteiger partial charge in [-0.25, -0.2) is 4.79 Å². The Kier molecular flexibility index (Phi) is 7.33. The van der Waals surface area contributed by atoms with Gasteiger partial charge in [-0.15, -0.1) is 0 Å². The van der Waals surface area contributed by atoms with Crippen molar-refractivity contribution in [2.24, 2.45) is 0 Å². The monoisotopic (exact) mass is 417 g/mol. The smallest absolute Gasteiger partial charge is 0.349 e. The number of fused-ring (bicyclic) bond motifs is 1. The van der Waals surface area contributed by atoms with Crippen LogP contribution in [0.4, 0.5) is 5.69 Å². The maximum atomic E-state index is 12.6. The molecule has 2 N–H and O–H groups in total. The highest BCUT2D eigenvalue weighted by Gasteiger charge is 2.21. The number of anilines is 1. The summed E-state index contributed by atoms with van der Waals surface area (Å²) < 4.78 is 7.02. The van der Waals surface area contributed by atoms with Crippen LogP contribution in [0.15, 0.2) is 34.1 Å². The number of amides is 1. The summed E-state index contributed by atoms with van der Waals surface area (Å²) >= 11 is 1.35. The lowest BCUT2D eigenvalue weighted by Gasteiger charge is -2.23. The SMILES string of the molecule is COc1cccc(NC(=O)CSc2nc(=O)n(CC[NH+](C)C)c3c2CCCC3)c1. The van der Waals surface area contributed by atoms with Crippen LogP contribution >= 0.6 is 11.8 Å². The van der Waals surface area contributed by atoms with Crippen LogP contribution in [0.2, 0.25) is 0 Å². The maximum Gasteiger partial charge on any atom is 0.349 e. The third-order valence-electron chi connectivity index (χ3n) is 4.98. The van der Waals surface area contributed by atoms with E-state index in [1.807, 2.05) is 22.8 Å². The first kappa shape index (κ1) is 21.4. The molecule has 1 aromatic carbocycles. The van der Waals surface area contributed by atoms with Crippen molar-refractivity contribution in [3.8, 4) is 5.75 Å². The van der Waals surface area contributed by atoms with E-state index in [1.165, 1.54) is 16.7 Å². The molecule has 1 aromatic heterocycles. The zero-order valence-electron chi connectivity index (χ0n) is 17.3. The molecule has 156 valence electrons. The minimum absolute atomic E-state index is 0.130. The molecule has 7 nitrogen and oxygen atoms in total. The molecule has 1 heterocycles. The van der Waals surface area contributed by atoms with E-state index in [9.17, 15) is 9.59 Å². The quantitative estimate of drug-likeness (QED) is 0.495. The second kappa shape index (κ2) is 9.93. The topological polar surface area (TPSA) is 77.7 Å². The number of carbonyl (C=O) groups excluding carboxylic acids is 1. The Bertz CT molecular complexity index is 927. The summed E-state index contributed by atoms with van der Waals surface area (Å²) in [6.07, 6.45) is 4.00. The lowest BCUT2D eigenvalue weighted by Crippen LogP contribution is -3.06. The number of methoxy groups -OCH3 is 1. The largest absolute Gasteiger partial charge is 0.497 e. The number of rotatable bonds is 8. The highest BCUT2D eigenvalue weighted by molar-refractivity contribution is 8.00. The summed E-state index contributed by atoms with van der Waals surface area (Å²) in [6.45, 7) is 1.56. The van der Waals surface area contributed by atoms with E-state index in [4.69, 9.17) is 4.74 Å². The Morgan fingerprint density at radius 2 is 2.10 bits per heavy atom. The first-order chi connectivity index (χ1) is 14.0. The summed E-state index contributed by atoms with van der Waals surface area (Å²) in [4.78, 5) is 30.7. The number of likely N-dealkylation sites (N-methyl/N-ethyl adjacent to an activating group) is 1. The third-order valence-corrected chi connectivity index (χ3v) is 6.00. The molecule has 0 spiro atoms. The van der Waals surface area contributed by atoms with Gasteiger partial charge in [-0.3, -0.25) is 9.36 Å². The van der Waals surface area contributed by atoms with E-state index in [0.717, 1.165) is 43.5 Å². The van der Waals surface area contributed by atoms with Crippen LogP contribution in [-0.2, 0) is 24.2 Å². The molecule has 1 aliphatic carbocycles. The third kappa shape index (κ3) is 5.61. The van der Waals surface area contributed by atoms with Gasteiger partial charge in [0.15, 0.2) is 0 Å². The van der Waals surface area contributed by atoms with Gasteiger partial charge in [0.2, 0.25) is 5.91 Å². The van der Waals surface area contributed by atoms with Gasteiger partial charge >= 0.3 is 5.69 Å². The number of benzene rings is 1. The minimum atomic E-state index is -0.206. The molecule has 0 saturated heterocycles. The molecule has 8 heteroatoms. The second-order valence-corrected chi connectivity index (χ2v) is 8.47. The highest BCUT2D eigenvalue weighted by Crippen LogP contribution is 2.28. The molecule has 1 amide bonds. The minimum Gasteiger partial charge on any atom is -0.497 e. The van der Waals surface area contributed by atoms with Gasteiger partial charge in [0.1, 0.15) is 10.8 Å². The van der Waals surface area contributed by atoms with Crippen LogP contribution in [-0.4, -0.2) is 49.0 Å². The van der Waals surface area contributed by atoms with E-state index < -0.39 is 0 Å². The average Bonchev–Trinajstić information content (AvgIpc) is 2.71. The molecule has 3 rings (SSSR count). The van der Waals surface area contributed by atoms with Gasteiger partial charge in [-0.2, -0.15) is 4.98 Å². The fraction of sp³-hybridized carbons (Fsp3) is 0.476. The fourth-order valence-corrected chi connectivity index (χ4v) is 4.34. The van der Waals surface area contributed by atoms with Gasteiger partial charge in [0.05, 0.1) is 40.0 Å². The van der Waals surface area contributed by atoms with E-state index in [2.05, 4.69) is 24.4 Å².